The Hall–Kier alpha value is -3.75. The van der Waals surface area contributed by atoms with E-state index in [2.05, 4.69) is 16.9 Å². The number of carbonyl (C=O) groups is 4. The molecule has 0 atom stereocenters. The van der Waals surface area contributed by atoms with Crippen molar-refractivity contribution in [2.75, 3.05) is 13.2 Å². The van der Waals surface area contributed by atoms with E-state index in [1.165, 1.54) is 0 Å². The maximum absolute atomic E-state index is 13.2. The van der Waals surface area contributed by atoms with E-state index in [0.717, 1.165) is 23.3 Å². The minimum absolute atomic E-state index is 0.0855. The van der Waals surface area contributed by atoms with E-state index in [9.17, 15) is 19.2 Å². The van der Waals surface area contributed by atoms with Gasteiger partial charge in [-0.05, 0) is 70.2 Å². The van der Waals surface area contributed by atoms with E-state index in [1.807, 2.05) is 13.8 Å². The van der Waals surface area contributed by atoms with Crippen molar-refractivity contribution in [3.8, 4) is 0 Å². The zero-order chi connectivity index (χ0) is 30.6. The number of aromatic nitrogens is 2. The van der Waals surface area contributed by atoms with Crippen LogP contribution in [0.25, 0.3) is 0 Å². The first-order chi connectivity index (χ1) is 19.4. The molecular formula is C32H43N3O6. The third-order valence-electron chi connectivity index (χ3n) is 8.08. The van der Waals surface area contributed by atoms with E-state index in [4.69, 9.17) is 14.5 Å². The summed E-state index contributed by atoms with van der Waals surface area (Å²) in [7, 11) is 0. The normalized spacial score (nSPS) is 14.3. The minimum Gasteiger partial charge on any atom is -0.461 e. The topological polar surface area (TPSA) is 131 Å². The molecule has 1 aliphatic heterocycles. The standard InChI is InChI=1S/C32H43N3O6/c1-10-21-19(8)32(35-20(21)9,15-22-26(24(36)11-2)17(6)28(33-22)30(38)40-13-4)16-23-27(25(37)12-3)18(7)29(34-23)31(39)41-14-5/h33-34H,10-16H2,1-9H3. The van der Waals surface area contributed by atoms with Crippen molar-refractivity contribution in [1.82, 2.24) is 9.97 Å². The van der Waals surface area contributed by atoms with Gasteiger partial charge in [0.05, 0.1) is 18.8 Å². The van der Waals surface area contributed by atoms with Crippen LogP contribution in [0.4, 0.5) is 0 Å². The predicted molar refractivity (Wildman–Crippen MR) is 158 cm³/mol. The SMILES string of the molecule is CCOC(=O)c1[nH]c(CC2(Cc3[nH]c(C(=O)OCC)c(C)c3C(=O)CC)N=C(C)C(CC)=C2C)c(C(=O)CC)c1C. The quantitative estimate of drug-likeness (QED) is 0.219. The third kappa shape index (κ3) is 5.85. The summed E-state index contributed by atoms with van der Waals surface area (Å²) in [5.41, 5.74) is 5.92. The molecule has 0 spiro atoms. The van der Waals surface area contributed by atoms with Crippen molar-refractivity contribution in [1.29, 1.82) is 0 Å². The van der Waals surface area contributed by atoms with Crippen molar-refractivity contribution in [3.05, 3.63) is 56.2 Å². The Kier molecular flexibility index (Phi) is 9.94. The molecule has 0 saturated heterocycles. The van der Waals surface area contributed by atoms with Gasteiger partial charge in [-0.15, -0.1) is 0 Å². The molecule has 0 bridgehead atoms. The highest BCUT2D eigenvalue weighted by Gasteiger charge is 2.42. The molecule has 3 rings (SSSR count). The molecule has 0 fully saturated rings. The Morgan fingerprint density at radius 3 is 1.44 bits per heavy atom. The highest BCUT2D eigenvalue weighted by atomic mass is 16.5. The largest absolute Gasteiger partial charge is 0.461 e. The average Bonchev–Trinajstić information content (AvgIpc) is 3.51. The molecule has 2 aromatic heterocycles. The summed E-state index contributed by atoms with van der Waals surface area (Å²) in [4.78, 5) is 63.6. The first-order valence-electron chi connectivity index (χ1n) is 14.5. The number of hydrogen-bond acceptors (Lipinski definition) is 7. The Morgan fingerprint density at radius 2 is 1.12 bits per heavy atom. The number of rotatable bonds is 13. The van der Waals surface area contributed by atoms with Gasteiger partial charge in [0.1, 0.15) is 11.4 Å². The lowest BCUT2D eigenvalue weighted by molar-refractivity contribution is 0.0509. The van der Waals surface area contributed by atoms with Crippen molar-refractivity contribution in [2.45, 2.75) is 100.0 Å². The molecule has 41 heavy (non-hydrogen) atoms. The predicted octanol–water partition coefficient (Wildman–Crippen LogP) is 6.22. The Balaban J connectivity index is 2.27. The maximum atomic E-state index is 13.2. The summed E-state index contributed by atoms with van der Waals surface area (Å²) in [5, 5.41) is 0. The van der Waals surface area contributed by atoms with Gasteiger partial charge >= 0.3 is 11.9 Å². The number of nitrogens with zero attached hydrogens (tertiary/aromatic N) is 1. The van der Waals surface area contributed by atoms with Gasteiger partial charge in [-0.2, -0.15) is 0 Å². The molecule has 0 aliphatic carbocycles. The molecule has 0 radical (unpaired) electrons. The van der Waals surface area contributed by atoms with Crippen LogP contribution in [-0.4, -0.2) is 57.9 Å². The highest BCUT2D eigenvalue weighted by molar-refractivity contribution is 6.04. The van der Waals surface area contributed by atoms with Crippen molar-refractivity contribution in [3.63, 3.8) is 0 Å². The van der Waals surface area contributed by atoms with Crippen molar-refractivity contribution in [2.24, 2.45) is 4.99 Å². The third-order valence-corrected chi connectivity index (χ3v) is 8.08. The van der Waals surface area contributed by atoms with Crippen LogP contribution in [0.3, 0.4) is 0 Å². The Morgan fingerprint density at radius 1 is 0.707 bits per heavy atom. The summed E-state index contributed by atoms with van der Waals surface area (Å²) in [5.74, 6) is -1.20. The van der Waals surface area contributed by atoms with Crippen LogP contribution in [-0.2, 0) is 22.3 Å². The van der Waals surface area contributed by atoms with Gasteiger partial charge in [-0.1, -0.05) is 20.8 Å². The van der Waals surface area contributed by atoms with Crippen LogP contribution in [0.2, 0.25) is 0 Å². The molecule has 0 unspecified atom stereocenters. The van der Waals surface area contributed by atoms with Crippen LogP contribution in [0.1, 0.15) is 132 Å². The van der Waals surface area contributed by atoms with E-state index in [-0.39, 0.29) is 61.9 Å². The molecule has 2 aromatic rings. The molecule has 3 heterocycles. The number of carbonyl (C=O) groups excluding carboxylic acids is 4. The molecule has 2 N–H and O–H groups in total. The van der Waals surface area contributed by atoms with Crippen molar-refractivity contribution < 1.29 is 28.7 Å². The molecule has 0 amide bonds. The number of hydrogen-bond donors (Lipinski definition) is 2. The first kappa shape index (κ1) is 31.8. The van der Waals surface area contributed by atoms with E-state index < -0.39 is 17.5 Å². The molecule has 222 valence electrons. The number of allylic oxidation sites excluding steroid dienone is 1. The number of Topliss-reactive ketones (excluding diaryl/α,β-unsaturated/α-hetero) is 2. The minimum atomic E-state index is -0.868. The molecule has 1 aliphatic rings. The highest BCUT2D eigenvalue weighted by Crippen LogP contribution is 2.41. The maximum Gasteiger partial charge on any atom is 0.355 e. The number of H-pyrrole nitrogens is 2. The summed E-state index contributed by atoms with van der Waals surface area (Å²) < 4.78 is 10.5. The van der Waals surface area contributed by atoms with Crippen LogP contribution < -0.4 is 0 Å². The fraction of sp³-hybridized carbons (Fsp3) is 0.531. The number of aliphatic imine (C=N–C) groups is 1. The smallest absolute Gasteiger partial charge is 0.355 e. The lowest BCUT2D eigenvalue weighted by Crippen LogP contribution is -2.34. The monoisotopic (exact) mass is 565 g/mol. The number of aromatic amines is 2. The summed E-state index contributed by atoms with van der Waals surface area (Å²) in [6.45, 7) is 17.0. The van der Waals surface area contributed by atoms with Gasteiger partial charge in [0.25, 0.3) is 0 Å². The molecule has 9 heteroatoms. The van der Waals surface area contributed by atoms with Gasteiger partial charge in [0.15, 0.2) is 11.6 Å². The fourth-order valence-corrected chi connectivity index (χ4v) is 6.04. The van der Waals surface area contributed by atoms with Crippen LogP contribution in [0.5, 0.6) is 0 Å². The van der Waals surface area contributed by atoms with E-state index in [0.29, 0.717) is 33.6 Å². The fourth-order valence-electron chi connectivity index (χ4n) is 6.04. The molecule has 9 nitrogen and oxygen atoms in total. The first-order valence-corrected chi connectivity index (χ1v) is 14.5. The van der Waals surface area contributed by atoms with Gasteiger partial charge in [-0.25, -0.2) is 9.59 Å². The van der Waals surface area contributed by atoms with Crippen LogP contribution in [0, 0.1) is 13.8 Å². The zero-order valence-corrected chi connectivity index (χ0v) is 25.8. The second-order valence-corrected chi connectivity index (χ2v) is 10.5. The summed E-state index contributed by atoms with van der Waals surface area (Å²) >= 11 is 0. The van der Waals surface area contributed by atoms with Crippen LogP contribution >= 0.6 is 0 Å². The summed E-state index contributed by atoms with van der Waals surface area (Å²) in [6, 6.07) is 0. The number of ether oxygens (including phenoxy) is 2. The summed E-state index contributed by atoms with van der Waals surface area (Å²) in [6.07, 6.45) is 1.87. The van der Waals surface area contributed by atoms with Gasteiger partial charge in [0, 0.05) is 53.9 Å². The van der Waals surface area contributed by atoms with E-state index >= 15 is 0 Å². The zero-order valence-electron chi connectivity index (χ0n) is 25.8. The molecule has 0 aromatic carbocycles. The van der Waals surface area contributed by atoms with Gasteiger partial charge in [0.2, 0.25) is 0 Å². The number of esters is 2. The lowest BCUT2D eigenvalue weighted by Gasteiger charge is -2.29. The average molecular weight is 566 g/mol. The van der Waals surface area contributed by atoms with Gasteiger partial charge < -0.3 is 19.4 Å². The molecule has 0 saturated carbocycles. The Bertz CT molecular complexity index is 1350. The lowest BCUT2D eigenvalue weighted by atomic mass is 9.79. The number of nitrogens with one attached hydrogen (secondary N) is 2. The van der Waals surface area contributed by atoms with Crippen molar-refractivity contribution >= 4 is 29.2 Å². The Labute approximate surface area is 242 Å². The van der Waals surface area contributed by atoms with E-state index in [1.54, 1.807) is 41.5 Å². The van der Waals surface area contributed by atoms with Gasteiger partial charge in [-0.3, -0.25) is 14.6 Å². The number of ketones is 2. The second kappa shape index (κ2) is 12.8. The second-order valence-electron chi connectivity index (χ2n) is 10.5. The van der Waals surface area contributed by atoms with Crippen LogP contribution in [0.15, 0.2) is 16.1 Å². The molecular weight excluding hydrogens is 522 g/mol.